The van der Waals surface area contributed by atoms with Gasteiger partial charge in [0.05, 0.1) is 0 Å². The molecule has 1 saturated heterocycles. The lowest BCUT2D eigenvalue weighted by atomic mass is 9.97. The first kappa shape index (κ1) is 15.8. The van der Waals surface area contributed by atoms with E-state index in [2.05, 4.69) is 21.9 Å². The van der Waals surface area contributed by atoms with E-state index in [1.165, 1.54) is 6.07 Å². The molecule has 0 radical (unpaired) electrons. The molecule has 21 heavy (non-hydrogen) atoms. The Bertz CT molecular complexity index is 483. The third kappa shape index (κ3) is 4.20. The monoisotopic (exact) mass is 303 g/mol. The van der Waals surface area contributed by atoms with E-state index in [0.717, 1.165) is 25.9 Å². The summed E-state index contributed by atoms with van der Waals surface area (Å²) in [5, 5.41) is 0. The molecule has 0 aliphatic carbocycles. The van der Waals surface area contributed by atoms with Crippen LogP contribution in [-0.4, -0.2) is 48.6 Å². The Labute approximate surface area is 122 Å². The van der Waals surface area contributed by atoms with Gasteiger partial charge < -0.3 is 15.5 Å². The van der Waals surface area contributed by atoms with E-state index in [1.54, 1.807) is 11.9 Å². The zero-order valence-corrected chi connectivity index (χ0v) is 12.2. The molecular weight excluding hydrogens is 283 g/mol. The fourth-order valence-electron chi connectivity index (χ4n) is 2.50. The van der Waals surface area contributed by atoms with Gasteiger partial charge in [-0.1, -0.05) is 0 Å². The molecule has 0 saturated carbocycles. The maximum Gasteiger partial charge on any atom is 0.451 e. The maximum absolute atomic E-state index is 12.7. The number of alkyl halides is 3. The van der Waals surface area contributed by atoms with Gasteiger partial charge in [-0.3, -0.25) is 0 Å². The third-order valence-electron chi connectivity index (χ3n) is 3.75. The standard InChI is InChI=1S/C13H20F3N5/c1-20-5-3-9(4-6-20)8-21(2)11-7-10(17)18-12(19-11)13(14,15)16/h7,9H,3-6,8H2,1-2H3,(H2,17,18,19). The molecule has 0 amide bonds. The number of hydrogen-bond donors (Lipinski definition) is 1. The first-order valence-corrected chi connectivity index (χ1v) is 6.87. The minimum absolute atomic E-state index is 0.164. The van der Waals surface area contributed by atoms with Crippen molar-refractivity contribution < 1.29 is 13.2 Å². The maximum atomic E-state index is 12.7. The van der Waals surface area contributed by atoms with Gasteiger partial charge in [-0.05, 0) is 38.9 Å². The second kappa shape index (κ2) is 6.05. The van der Waals surface area contributed by atoms with Crippen LogP contribution in [0.25, 0.3) is 0 Å². The second-order valence-corrected chi connectivity index (χ2v) is 5.60. The average Bonchev–Trinajstić information content (AvgIpc) is 2.39. The van der Waals surface area contributed by atoms with Crippen LogP contribution in [0.2, 0.25) is 0 Å². The van der Waals surface area contributed by atoms with Crippen molar-refractivity contribution in [3.05, 3.63) is 11.9 Å². The summed E-state index contributed by atoms with van der Waals surface area (Å²) in [5.74, 6) is -0.680. The number of anilines is 2. The predicted octanol–water partition coefficient (Wildman–Crippen LogP) is 1.86. The quantitative estimate of drug-likeness (QED) is 0.923. The Kier molecular flexibility index (Phi) is 4.55. The van der Waals surface area contributed by atoms with Gasteiger partial charge in [0.2, 0.25) is 5.82 Å². The number of nitrogens with zero attached hydrogens (tertiary/aromatic N) is 4. The number of likely N-dealkylation sites (tertiary alicyclic amines) is 1. The molecule has 0 aromatic carbocycles. The molecule has 0 unspecified atom stereocenters. The van der Waals surface area contributed by atoms with Crippen molar-refractivity contribution in [2.75, 3.05) is 44.4 Å². The van der Waals surface area contributed by atoms with E-state index in [1.807, 2.05) is 0 Å². The smallest absolute Gasteiger partial charge is 0.384 e. The summed E-state index contributed by atoms with van der Waals surface area (Å²) in [6, 6.07) is 1.38. The van der Waals surface area contributed by atoms with Crippen LogP contribution < -0.4 is 10.6 Å². The first-order valence-electron chi connectivity index (χ1n) is 6.87. The summed E-state index contributed by atoms with van der Waals surface area (Å²) >= 11 is 0. The van der Waals surface area contributed by atoms with E-state index in [9.17, 15) is 13.2 Å². The molecule has 1 aliphatic heterocycles. The molecule has 2 heterocycles. The largest absolute Gasteiger partial charge is 0.451 e. The Morgan fingerprint density at radius 3 is 2.52 bits per heavy atom. The van der Waals surface area contributed by atoms with Crippen LogP contribution in [0, 0.1) is 5.92 Å². The summed E-state index contributed by atoms with van der Waals surface area (Å²) in [4.78, 5) is 10.8. The minimum Gasteiger partial charge on any atom is -0.384 e. The van der Waals surface area contributed by atoms with Gasteiger partial charge in [-0.2, -0.15) is 13.2 Å². The van der Waals surface area contributed by atoms with E-state index < -0.39 is 12.0 Å². The molecule has 2 N–H and O–H groups in total. The van der Waals surface area contributed by atoms with Crippen molar-refractivity contribution >= 4 is 11.6 Å². The summed E-state index contributed by atoms with van der Waals surface area (Å²) in [6.07, 6.45) is -2.51. The van der Waals surface area contributed by atoms with Crippen LogP contribution in [0.15, 0.2) is 6.07 Å². The molecule has 118 valence electrons. The zero-order valence-electron chi connectivity index (χ0n) is 12.2. The molecule has 8 heteroatoms. The van der Waals surface area contributed by atoms with Gasteiger partial charge in [-0.25, -0.2) is 9.97 Å². The van der Waals surface area contributed by atoms with Crippen LogP contribution in [0.5, 0.6) is 0 Å². The van der Waals surface area contributed by atoms with Crippen molar-refractivity contribution in [3.8, 4) is 0 Å². The van der Waals surface area contributed by atoms with Crippen LogP contribution in [0.1, 0.15) is 18.7 Å². The highest BCUT2D eigenvalue weighted by atomic mass is 19.4. The van der Waals surface area contributed by atoms with Crippen LogP contribution in [-0.2, 0) is 6.18 Å². The van der Waals surface area contributed by atoms with Crippen LogP contribution >= 0.6 is 0 Å². The lowest BCUT2D eigenvalue weighted by Crippen LogP contribution is -2.36. The number of nitrogen functional groups attached to an aromatic ring is 1. The third-order valence-corrected chi connectivity index (χ3v) is 3.75. The molecule has 5 nitrogen and oxygen atoms in total. The molecule has 0 spiro atoms. The van der Waals surface area contributed by atoms with Crippen molar-refractivity contribution in [2.45, 2.75) is 19.0 Å². The molecular formula is C13H20F3N5. The molecule has 2 rings (SSSR count). The van der Waals surface area contributed by atoms with Gasteiger partial charge in [0.1, 0.15) is 11.6 Å². The number of nitrogens with two attached hydrogens (primary N) is 1. The molecule has 1 aliphatic rings. The van der Waals surface area contributed by atoms with Gasteiger partial charge >= 0.3 is 6.18 Å². The summed E-state index contributed by atoms with van der Waals surface area (Å²) in [6.45, 7) is 2.69. The van der Waals surface area contributed by atoms with Gasteiger partial charge in [0.25, 0.3) is 0 Å². The number of halogens is 3. The average molecular weight is 303 g/mol. The molecule has 1 aromatic rings. The van der Waals surface area contributed by atoms with Gasteiger partial charge in [0.15, 0.2) is 0 Å². The summed E-state index contributed by atoms with van der Waals surface area (Å²) in [5.41, 5.74) is 5.46. The van der Waals surface area contributed by atoms with Crippen molar-refractivity contribution in [1.29, 1.82) is 0 Å². The first-order chi connectivity index (χ1) is 9.75. The van der Waals surface area contributed by atoms with Crippen LogP contribution in [0.4, 0.5) is 24.8 Å². The van der Waals surface area contributed by atoms with E-state index in [0.29, 0.717) is 12.5 Å². The lowest BCUT2D eigenvalue weighted by molar-refractivity contribution is -0.144. The second-order valence-electron chi connectivity index (χ2n) is 5.60. The summed E-state index contributed by atoms with van der Waals surface area (Å²) in [7, 11) is 3.81. The molecule has 0 bridgehead atoms. The van der Waals surface area contributed by atoms with E-state index in [-0.39, 0.29) is 11.6 Å². The van der Waals surface area contributed by atoms with Crippen molar-refractivity contribution in [1.82, 2.24) is 14.9 Å². The normalized spacial score (nSPS) is 18.0. The molecule has 1 fully saturated rings. The Balaban J connectivity index is 2.08. The zero-order chi connectivity index (χ0) is 15.6. The van der Waals surface area contributed by atoms with E-state index in [4.69, 9.17) is 5.73 Å². The highest BCUT2D eigenvalue weighted by Gasteiger charge is 2.35. The molecule has 0 atom stereocenters. The van der Waals surface area contributed by atoms with Crippen LogP contribution in [0.3, 0.4) is 0 Å². The topological polar surface area (TPSA) is 58.3 Å². The number of hydrogen-bond acceptors (Lipinski definition) is 5. The van der Waals surface area contributed by atoms with E-state index >= 15 is 0 Å². The lowest BCUT2D eigenvalue weighted by Gasteiger charge is -2.32. The Morgan fingerprint density at radius 1 is 1.33 bits per heavy atom. The molecule has 1 aromatic heterocycles. The fraction of sp³-hybridized carbons (Fsp3) is 0.692. The highest BCUT2D eigenvalue weighted by molar-refractivity contribution is 5.46. The fourth-order valence-corrected chi connectivity index (χ4v) is 2.50. The van der Waals surface area contributed by atoms with Crippen molar-refractivity contribution in [2.24, 2.45) is 5.92 Å². The van der Waals surface area contributed by atoms with Gasteiger partial charge in [-0.15, -0.1) is 0 Å². The number of aromatic nitrogens is 2. The number of piperidine rings is 1. The highest BCUT2D eigenvalue weighted by Crippen LogP contribution is 2.29. The number of rotatable bonds is 3. The predicted molar refractivity (Wildman–Crippen MR) is 74.9 cm³/mol. The van der Waals surface area contributed by atoms with Crippen molar-refractivity contribution in [3.63, 3.8) is 0 Å². The summed E-state index contributed by atoms with van der Waals surface area (Å²) < 4.78 is 38.1. The minimum atomic E-state index is -4.58. The Hall–Kier alpha value is -1.57. The van der Waals surface area contributed by atoms with Gasteiger partial charge in [0, 0.05) is 19.7 Å². The Morgan fingerprint density at radius 2 is 1.95 bits per heavy atom. The SMILES string of the molecule is CN1CCC(CN(C)c2cc(N)nc(C(F)(F)F)n2)CC1.